The Labute approximate surface area is 211 Å². The second kappa shape index (κ2) is 10.4. The van der Waals surface area contributed by atoms with Gasteiger partial charge in [-0.3, -0.25) is 4.79 Å². The lowest BCUT2D eigenvalue weighted by Gasteiger charge is -2.36. The van der Waals surface area contributed by atoms with Crippen LogP contribution in [0.5, 0.6) is 5.75 Å². The first kappa shape index (κ1) is 23.9. The Bertz CT molecular complexity index is 1340. The predicted octanol–water partition coefficient (Wildman–Crippen LogP) is 5.98. The van der Waals surface area contributed by atoms with E-state index in [1.165, 1.54) is 6.07 Å². The zero-order valence-electron chi connectivity index (χ0n) is 20.9. The van der Waals surface area contributed by atoms with Gasteiger partial charge in [0.2, 0.25) is 0 Å². The molecular formula is C30H32FN3O2. The predicted molar refractivity (Wildman–Crippen MR) is 142 cm³/mol. The Morgan fingerprint density at radius 1 is 0.917 bits per heavy atom. The average Bonchev–Trinajstić information content (AvgIpc) is 3.26. The summed E-state index contributed by atoms with van der Waals surface area (Å²) in [5, 5.41) is 0.947. The molecule has 1 aliphatic heterocycles. The van der Waals surface area contributed by atoms with Gasteiger partial charge in [0.05, 0.1) is 11.2 Å². The van der Waals surface area contributed by atoms with E-state index in [2.05, 4.69) is 24.5 Å². The molecule has 1 aromatic heterocycles. The molecule has 4 aromatic rings. The number of anilines is 1. The van der Waals surface area contributed by atoms with Gasteiger partial charge in [0.25, 0.3) is 5.91 Å². The number of amides is 1. The summed E-state index contributed by atoms with van der Waals surface area (Å²) in [6, 6.07) is 24.9. The van der Waals surface area contributed by atoms with E-state index >= 15 is 0 Å². The number of piperazine rings is 1. The highest BCUT2D eigenvalue weighted by Gasteiger charge is 2.27. The van der Waals surface area contributed by atoms with Crippen LogP contribution in [0.4, 0.5) is 10.1 Å². The minimum absolute atomic E-state index is 0.00837. The molecule has 1 fully saturated rings. The van der Waals surface area contributed by atoms with E-state index in [1.54, 1.807) is 12.1 Å². The summed E-state index contributed by atoms with van der Waals surface area (Å²) in [5.41, 5.74) is 3.37. The van der Waals surface area contributed by atoms with Gasteiger partial charge >= 0.3 is 0 Å². The molecule has 0 radical (unpaired) electrons. The van der Waals surface area contributed by atoms with Crippen LogP contribution in [0.1, 0.15) is 29.9 Å². The number of fused-ring (bicyclic) bond motifs is 1. The SMILES string of the molecule is CC(C)Cn1c(C(=O)N2CCN(c3ccccc3F)CC2)cc2c(OCc3ccccc3)cccc21. The van der Waals surface area contributed by atoms with Gasteiger partial charge in [0.15, 0.2) is 0 Å². The fourth-order valence-electron chi connectivity index (χ4n) is 4.88. The standard InChI is InChI=1S/C30H32FN3O2/c1-22(2)20-34-26-13-8-14-29(36-21-23-9-4-3-5-10-23)24(26)19-28(34)30(35)33-17-15-32(16-18-33)27-12-7-6-11-25(27)31/h3-14,19,22H,15-18,20-21H2,1-2H3. The molecule has 2 heterocycles. The topological polar surface area (TPSA) is 37.7 Å². The van der Waals surface area contributed by atoms with Crippen molar-refractivity contribution in [2.45, 2.75) is 27.0 Å². The van der Waals surface area contributed by atoms with Gasteiger partial charge in [-0.15, -0.1) is 0 Å². The Balaban J connectivity index is 1.39. The first-order valence-electron chi connectivity index (χ1n) is 12.6. The smallest absolute Gasteiger partial charge is 0.270 e. The van der Waals surface area contributed by atoms with Gasteiger partial charge in [-0.25, -0.2) is 4.39 Å². The third-order valence-electron chi connectivity index (χ3n) is 6.67. The zero-order valence-corrected chi connectivity index (χ0v) is 20.9. The molecule has 1 aliphatic rings. The first-order valence-corrected chi connectivity index (χ1v) is 12.6. The van der Waals surface area contributed by atoms with Gasteiger partial charge < -0.3 is 19.1 Å². The van der Waals surface area contributed by atoms with Gasteiger partial charge in [0, 0.05) is 38.1 Å². The molecule has 6 heteroatoms. The highest BCUT2D eigenvalue weighted by atomic mass is 19.1. The number of carbonyl (C=O) groups is 1. The third kappa shape index (κ3) is 4.94. The molecule has 0 unspecified atom stereocenters. The molecule has 186 valence electrons. The normalized spacial score (nSPS) is 14.0. The van der Waals surface area contributed by atoms with Crippen LogP contribution in [-0.2, 0) is 13.2 Å². The van der Waals surface area contributed by atoms with E-state index in [4.69, 9.17) is 4.74 Å². The zero-order chi connectivity index (χ0) is 25.1. The minimum Gasteiger partial charge on any atom is -0.488 e. The van der Waals surface area contributed by atoms with Crippen molar-refractivity contribution in [1.29, 1.82) is 0 Å². The Morgan fingerprint density at radius 3 is 2.36 bits per heavy atom. The molecular weight excluding hydrogens is 453 g/mol. The summed E-state index contributed by atoms with van der Waals surface area (Å²) in [6.07, 6.45) is 0. The molecule has 0 atom stereocenters. The summed E-state index contributed by atoms with van der Waals surface area (Å²) in [5.74, 6) is 0.933. The van der Waals surface area contributed by atoms with Crippen LogP contribution >= 0.6 is 0 Å². The Hall–Kier alpha value is -3.80. The van der Waals surface area contributed by atoms with Crippen LogP contribution in [0.2, 0.25) is 0 Å². The van der Waals surface area contributed by atoms with Gasteiger partial charge in [0.1, 0.15) is 23.9 Å². The molecule has 0 aliphatic carbocycles. The molecule has 0 N–H and O–H groups in total. The molecule has 1 amide bonds. The molecule has 1 saturated heterocycles. The van der Waals surface area contributed by atoms with Crippen LogP contribution in [0.15, 0.2) is 78.9 Å². The van der Waals surface area contributed by atoms with E-state index < -0.39 is 0 Å². The lowest BCUT2D eigenvalue weighted by molar-refractivity contribution is 0.0735. The van der Waals surface area contributed by atoms with Crippen molar-refractivity contribution < 1.29 is 13.9 Å². The van der Waals surface area contributed by atoms with Crippen LogP contribution in [0.3, 0.4) is 0 Å². The number of nitrogens with zero attached hydrogens (tertiary/aromatic N) is 3. The monoisotopic (exact) mass is 485 g/mol. The number of rotatable bonds is 7. The van der Waals surface area contributed by atoms with Crippen LogP contribution in [0, 0.1) is 11.7 Å². The van der Waals surface area contributed by atoms with Gasteiger partial charge in [-0.2, -0.15) is 0 Å². The fraction of sp³-hybridized carbons (Fsp3) is 0.300. The highest BCUT2D eigenvalue weighted by Crippen LogP contribution is 2.31. The lowest BCUT2D eigenvalue weighted by Crippen LogP contribution is -2.49. The summed E-state index contributed by atoms with van der Waals surface area (Å²) in [4.78, 5) is 17.6. The van der Waals surface area contributed by atoms with Crippen molar-refractivity contribution in [3.05, 3.63) is 95.9 Å². The number of para-hydroxylation sites is 1. The van der Waals surface area contributed by atoms with Crippen molar-refractivity contribution in [2.24, 2.45) is 5.92 Å². The van der Waals surface area contributed by atoms with Crippen molar-refractivity contribution in [3.63, 3.8) is 0 Å². The van der Waals surface area contributed by atoms with Crippen LogP contribution in [0.25, 0.3) is 10.9 Å². The van der Waals surface area contributed by atoms with Crippen molar-refractivity contribution >= 4 is 22.5 Å². The number of hydrogen-bond donors (Lipinski definition) is 0. The van der Waals surface area contributed by atoms with E-state index in [0.717, 1.165) is 28.8 Å². The molecule has 0 spiro atoms. The number of carbonyl (C=O) groups excluding carboxylic acids is 1. The maximum atomic E-state index is 14.3. The second-order valence-electron chi connectivity index (χ2n) is 9.73. The summed E-state index contributed by atoms with van der Waals surface area (Å²) < 4.78 is 22.6. The van der Waals surface area contributed by atoms with Crippen molar-refractivity contribution in [1.82, 2.24) is 9.47 Å². The molecule has 5 rings (SSSR count). The summed E-state index contributed by atoms with van der Waals surface area (Å²) in [6.45, 7) is 7.82. The minimum atomic E-state index is -0.225. The molecule has 5 nitrogen and oxygen atoms in total. The van der Waals surface area contributed by atoms with E-state index in [9.17, 15) is 9.18 Å². The molecule has 3 aromatic carbocycles. The molecule has 0 bridgehead atoms. The quantitative estimate of drug-likeness (QED) is 0.323. The first-order chi connectivity index (χ1) is 17.5. The number of hydrogen-bond acceptors (Lipinski definition) is 3. The van der Waals surface area contributed by atoms with Crippen LogP contribution < -0.4 is 9.64 Å². The van der Waals surface area contributed by atoms with Crippen molar-refractivity contribution in [2.75, 3.05) is 31.1 Å². The number of aromatic nitrogens is 1. The third-order valence-corrected chi connectivity index (χ3v) is 6.67. The number of ether oxygens (including phenoxy) is 1. The van der Waals surface area contributed by atoms with Crippen molar-refractivity contribution in [3.8, 4) is 5.75 Å². The maximum Gasteiger partial charge on any atom is 0.270 e. The fourth-order valence-corrected chi connectivity index (χ4v) is 4.88. The second-order valence-corrected chi connectivity index (χ2v) is 9.73. The van der Waals surface area contributed by atoms with E-state index in [0.29, 0.717) is 50.1 Å². The average molecular weight is 486 g/mol. The summed E-state index contributed by atoms with van der Waals surface area (Å²) >= 11 is 0. The number of halogens is 1. The lowest BCUT2D eigenvalue weighted by atomic mass is 10.2. The Kier molecular flexibility index (Phi) is 6.94. The van der Waals surface area contributed by atoms with Crippen LogP contribution in [-0.4, -0.2) is 41.6 Å². The summed E-state index contributed by atoms with van der Waals surface area (Å²) in [7, 11) is 0. The van der Waals surface area contributed by atoms with Gasteiger partial charge in [-0.05, 0) is 41.8 Å². The number of benzene rings is 3. The molecule has 36 heavy (non-hydrogen) atoms. The Morgan fingerprint density at radius 2 is 1.64 bits per heavy atom. The highest BCUT2D eigenvalue weighted by molar-refractivity contribution is 6.00. The van der Waals surface area contributed by atoms with E-state index in [1.807, 2.05) is 64.4 Å². The molecule has 0 saturated carbocycles. The van der Waals surface area contributed by atoms with Gasteiger partial charge in [-0.1, -0.05) is 62.4 Å². The largest absolute Gasteiger partial charge is 0.488 e. The maximum absolute atomic E-state index is 14.3. The van der Waals surface area contributed by atoms with E-state index in [-0.39, 0.29) is 11.7 Å².